The third-order valence-corrected chi connectivity index (χ3v) is 3.66. The van der Waals surface area contributed by atoms with Crippen molar-refractivity contribution >= 4 is 46.3 Å². The summed E-state index contributed by atoms with van der Waals surface area (Å²) in [5.74, 6) is 1.74. The molecule has 1 aromatic rings. The molecule has 0 N–H and O–H groups in total. The molecule has 11 heavy (non-hydrogen) atoms. The molecule has 0 aliphatic carbocycles. The molecule has 0 aliphatic rings. The normalized spacial score (nSPS) is 10.4. The van der Waals surface area contributed by atoms with Crippen molar-refractivity contribution < 1.29 is 0 Å². The summed E-state index contributed by atoms with van der Waals surface area (Å²) in [6.07, 6.45) is 1.02. The lowest BCUT2D eigenvalue weighted by molar-refractivity contribution is 1.11. The maximum atomic E-state index is 5.63. The van der Waals surface area contributed by atoms with E-state index in [0.29, 0.717) is 11.0 Å². The number of thioether (sulfide) groups is 1. The third-order valence-electron chi connectivity index (χ3n) is 0.959. The first-order valence-electron chi connectivity index (χ1n) is 3.12. The van der Waals surface area contributed by atoms with E-state index in [0.717, 1.165) is 16.5 Å². The van der Waals surface area contributed by atoms with Gasteiger partial charge in [-0.3, -0.25) is 0 Å². The molecular formula is C6H7Cl2NS2. The van der Waals surface area contributed by atoms with Gasteiger partial charge in [-0.1, -0.05) is 23.4 Å². The van der Waals surface area contributed by atoms with Crippen LogP contribution in [0.4, 0.5) is 0 Å². The highest BCUT2D eigenvalue weighted by Crippen LogP contribution is 2.25. The fraction of sp³-hybridized carbons (Fsp3) is 0.500. The SMILES string of the molecule is ClCCCSc1nc(Cl)cs1. The zero-order valence-corrected chi connectivity index (χ0v) is 8.86. The molecule has 0 aromatic carbocycles. The predicted octanol–water partition coefficient (Wildman–Crippen LogP) is 3.52. The summed E-state index contributed by atoms with van der Waals surface area (Å²) < 4.78 is 1.03. The molecule has 1 nitrogen and oxygen atoms in total. The second-order valence-electron chi connectivity index (χ2n) is 1.83. The maximum Gasteiger partial charge on any atom is 0.151 e. The number of aromatic nitrogens is 1. The molecule has 0 amide bonds. The Labute approximate surface area is 84.1 Å². The van der Waals surface area contributed by atoms with E-state index in [4.69, 9.17) is 23.2 Å². The van der Waals surface area contributed by atoms with Crippen molar-refractivity contribution in [3.63, 3.8) is 0 Å². The fourth-order valence-electron chi connectivity index (χ4n) is 0.519. The van der Waals surface area contributed by atoms with Gasteiger partial charge in [0.1, 0.15) is 5.15 Å². The molecule has 0 saturated heterocycles. The number of hydrogen-bond donors (Lipinski definition) is 0. The van der Waals surface area contributed by atoms with Gasteiger partial charge in [-0.05, 0) is 6.42 Å². The zero-order chi connectivity index (χ0) is 8.10. The van der Waals surface area contributed by atoms with Gasteiger partial charge >= 0.3 is 0 Å². The molecule has 0 aliphatic heterocycles. The minimum Gasteiger partial charge on any atom is -0.218 e. The largest absolute Gasteiger partial charge is 0.218 e. The molecule has 1 rings (SSSR count). The number of hydrogen-bond acceptors (Lipinski definition) is 3. The van der Waals surface area contributed by atoms with Crippen LogP contribution >= 0.6 is 46.3 Å². The lowest BCUT2D eigenvalue weighted by atomic mass is 10.6. The average molecular weight is 228 g/mol. The number of nitrogens with zero attached hydrogens (tertiary/aromatic N) is 1. The highest BCUT2D eigenvalue weighted by atomic mass is 35.5. The maximum absolute atomic E-state index is 5.63. The van der Waals surface area contributed by atoms with Gasteiger partial charge in [0.05, 0.1) is 0 Å². The van der Waals surface area contributed by atoms with E-state index in [2.05, 4.69) is 4.98 Å². The van der Waals surface area contributed by atoms with Crippen LogP contribution < -0.4 is 0 Å². The van der Waals surface area contributed by atoms with Crippen molar-refractivity contribution in [2.75, 3.05) is 11.6 Å². The summed E-state index contributed by atoms with van der Waals surface area (Å²) in [4.78, 5) is 4.09. The Kier molecular flexibility index (Phi) is 4.60. The average Bonchev–Trinajstić information content (AvgIpc) is 2.37. The Balaban J connectivity index is 2.27. The summed E-state index contributed by atoms with van der Waals surface area (Å²) in [5.41, 5.74) is 0. The summed E-state index contributed by atoms with van der Waals surface area (Å²) >= 11 is 14.4. The first kappa shape index (κ1) is 9.65. The van der Waals surface area contributed by atoms with E-state index in [-0.39, 0.29) is 0 Å². The molecule has 0 unspecified atom stereocenters. The summed E-state index contributed by atoms with van der Waals surface area (Å²) in [5, 5.41) is 2.42. The van der Waals surface area contributed by atoms with Crippen LogP contribution in [0, 0.1) is 0 Å². The van der Waals surface area contributed by atoms with E-state index in [1.54, 1.807) is 23.1 Å². The molecule has 1 heterocycles. The first-order valence-corrected chi connectivity index (χ1v) is 5.90. The van der Waals surface area contributed by atoms with Gasteiger partial charge in [-0.15, -0.1) is 22.9 Å². The van der Waals surface area contributed by atoms with E-state index in [1.165, 1.54) is 0 Å². The Hall–Kier alpha value is 0.560. The van der Waals surface area contributed by atoms with Crippen molar-refractivity contribution in [2.45, 2.75) is 10.8 Å². The fourth-order valence-corrected chi connectivity index (χ4v) is 2.82. The van der Waals surface area contributed by atoms with Crippen LogP contribution in [0.25, 0.3) is 0 Å². The molecule has 0 bridgehead atoms. The molecule has 1 aromatic heterocycles. The molecule has 0 saturated carbocycles. The van der Waals surface area contributed by atoms with Gasteiger partial charge in [0.15, 0.2) is 4.34 Å². The Morgan fingerprint density at radius 2 is 2.45 bits per heavy atom. The van der Waals surface area contributed by atoms with Gasteiger partial charge in [0.25, 0.3) is 0 Å². The van der Waals surface area contributed by atoms with E-state index in [9.17, 15) is 0 Å². The second kappa shape index (κ2) is 5.25. The van der Waals surface area contributed by atoms with E-state index < -0.39 is 0 Å². The summed E-state index contributed by atoms with van der Waals surface area (Å²) in [6, 6.07) is 0. The zero-order valence-electron chi connectivity index (χ0n) is 5.72. The molecule has 0 spiro atoms. The molecule has 0 radical (unpaired) electrons. The van der Waals surface area contributed by atoms with Crippen molar-refractivity contribution in [1.82, 2.24) is 4.98 Å². The van der Waals surface area contributed by atoms with Crippen LogP contribution in [0.5, 0.6) is 0 Å². The van der Waals surface area contributed by atoms with Crippen LogP contribution in [0.1, 0.15) is 6.42 Å². The second-order valence-corrected chi connectivity index (χ2v) is 4.79. The smallest absolute Gasteiger partial charge is 0.151 e. The van der Waals surface area contributed by atoms with Crippen molar-refractivity contribution in [3.05, 3.63) is 10.5 Å². The minimum atomic E-state index is 0.586. The number of halogens is 2. The van der Waals surface area contributed by atoms with Gasteiger partial charge in [-0.2, -0.15) is 0 Å². The summed E-state index contributed by atoms with van der Waals surface area (Å²) in [6.45, 7) is 0. The minimum absolute atomic E-state index is 0.586. The van der Waals surface area contributed by atoms with Gasteiger partial charge in [-0.25, -0.2) is 4.98 Å². The Morgan fingerprint density at radius 3 is 3.00 bits per heavy atom. The van der Waals surface area contributed by atoms with Gasteiger partial charge in [0, 0.05) is 17.0 Å². The molecule has 0 atom stereocenters. The molecule has 0 fully saturated rings. The Morgan fingerprint density at radius 1 is 1.64 bits per heavy atom. The standard InChI is InChI=1S/C6H7Cl2NS2/c7-2-1-3-10-6-9-5(8)4-11-6/h4H,1-3H2. The predicted molar refractivity (Wildman–Crippen MR) is 53.2 cm³/mol. The van der Waals surface area contributed by atoms with Crippen LogP contribution in [0.3, 0.4) is 0 Å². The highest BCUT2D eigenvalue weighted by Gasteiger charge is 1.98. The highest BCUT2D eigenvalue weighted by molar-refractivity contribution is 8.01. The molecule has 62 valence electrons. The van der Waals surface area contributed by atoms with E-state index >= 15 is 0 Å². The quantitative estimate of drug-likeness (QED) is 0.444. The van der Waals surface area contributed by atoms with Gasteiger partial charge < -0.3 is 0 Å². The third kappa shape index (κ3) is 3.65. The lowest BCUT2D eigenvalue weighted by Crippen LogP contribution is -1.79. The van der Waals surface area contributed by atoms with Crippen molar-refractivity contribution in [3.8, 4) is 0 Å². The number of thiazole rings is 1. The van der Waals surface area contributed by atoms with Crippen molar-refractivity contribution in [2.24, 2.45) is 0 Å². The molecule has 5 heteroatoms. The topological polar surface area (TPSA) is 12.9 Å². The van der Waals surface area contributed by atoms with Crippen LogP contribution in [0.15, 0.2) is 9.72 Å². The summed E-state index contributed by atoms with van der Waals surface area (Å²) in [7, 11) is 0. The van der Waals surface area contributed by atoms with Crippen LogP contribution in [-0.4, -0.2) is 16.6 Å². The molecular weight excluding hydrogens is 221 g/mol. The lowest BCUT2D eigenvalue weighted by Gasteiger charge is -1.91. The van der Waals surface area contributed by atoms with Crippen molar-refractivity contribution in [1.29, 1.82) is 0 Å². The van der Waals surface area contributed by atoms with Gasteiger partial charge in [0.2, 0.25) is 0 Å². The number of alkyl halides is 1. The Bertz CT molecular complexity index is 214. The first-order chi connectivity index (χ1) is 5.33. The monoisotopic (exact) mass is 227 g/mol. The van der Waals surface area contributed by atoms with E-state index in [1.807, 2.05) is 5.38 Å². The van der Waals surface area contributed by atoms with Crippen LogP contribution in [-0.2, 0) is 0 Å². The number of rotatable bonds is 4. The van der Waals surface area contributed by atoms with Crippen LogP contribution in [0.2, 0.25) is 5.15 Å².